The van der Waals surface area contributed by atoms with Crippen molar-refractivity contribution < 1.29 is 9.59 Å². The van der Waals surface area contributed by atoms with E-state index in [-0.39, 0.29) is 18.5 Å². The summed E-state index contributed by atoms with van der Waals surface area (Å²) in [6, 6.07) is 16.1. The number of hydrogen-bond acceptors (Lipinski definition) is 5. The number of nitrogens with zero attached hydrogens (tertiary/aromatic N) is 4. The van der Waals surface area contributed by atoms with E-state index in [0.29, 0.717) is 25.4 Å². The first kappa shape index (κ1) is 22.8. The zero-order chi connectivity index (χ0) is 22.6. The van der Waals surface area contributed by atoms with E-state index < -0.39 is 5.54 Å². The Balaban J connectivity index is 1.56. The van der Waals surface area contributed by atoms with Gasteiger partial charge in [-0.1, -0.05) is 36.4 Å². The van der Waals surface area contributed by atoms with Crippen molar-refractivity contribution in [2.75, 3.05) is 31.6 Å². The van der Waals surface area contributed by atoms with Gasteiger partial charge in [-0.3, -0.25) is 19.6 Å². The monoisotopic (exact) mass is 452 g/mol. The largest absolute Gasteiger partial charge is 0.328 e. The highest BCUT2D eigenvalue weighted by atomic mass is 32.2. The van der Waals surface area contributed by atoms with Crippen LogP contribution in [-0.2, 0) is 17.8 Å². The highest BCUT2D eigenvalue weighted by molar-refractivity contribution is 7.98. The van der Waals surface area contributed by atoms with Crippen molar-refractivity contribution in [1.82, 2.24) is 19.7 Å². The lowest BCUT2D eigenvalue weighted by atomic mass is 9.85. The van der Waals surface area contributed by atoms with E-state index in [1.807, 2.05) is 53.1 Å². The molecule has 1 spiro atoms. The fourth-order valence-corrected chi connectivity index (χ4v) is 5.63. The molecule has 2 aromatic rings. The maximum atomic E-state index is 13.7. The average Bonchev–Trinajstić information content (AvgIpc) is 3.01. The molecule has 2 aliphatic heterocycles. The van der Waals surface area contributed by atoms with E-state index >= 15 is 0 Å². The highest BCUT2D eigenvalue weighted by Gasteiger charge is 2.57. The first-order chi connectivity index (χ1) is 15.5. The Labute approximate surface area is 195 Å². The van der Waals surface area contributed by atoms with Crippen molar-refractivity contribution in [3.8, 4) is 0 Å². The van der Waals surface area contributed by atoms with Gasteiger partial charge in [0.25, 0.3) is 5.91 Å². The average molecular weight is 453 g/mol. The lowest BCUT2D eigenvalue weighted by Crippen LogP contribution is -2.58. The Morgan fingerprint density at radius 3 is 2.44 bits per heavy atom. The molecular formula is C25H32N4O2S. The molecule has 4 rings (SSSR count). The summed E-state index contributed by atoms with van der Waals surface area (Å²) in [7, 11) is 0. The molecule has 2 aliphatic rings. The second-order valence-corrected chi connectivity index (χ2v) is 9.66. The summed E-state index contributed by atoms with van der Waals surface area (Å²) >= 11 is 1.85. The van der Waals surface area contributed by atoms with E-state index in [4.69, 9.17) is 0 Å². The van der Waals surface area contributed by atoms with Gasteiger partial charge >= 0.3 is 6.03 Å². The molecule has 0 N–H and O–H groups in total. The van der Waals surface area contributed by atoms with E-state index in [1.165, 1.54) is 10.5 Å². The zero-order valence-electron chi connectivity index (χ0n) is 18.9. The normalized spacial score (nSPS) is 19.7. The molecule has 3 amide bonds. The van der Waals surface area contributed by atoms with Crippen LogP contribution in [0.4, 0.5) is 4.79 Å². The molecule has 1 atom stereocenters. The SMILES string of the molecule is CSCC(C)N1CCC2(CC1)C(=O)N(Cc1ccccn1)C(=O)N2CCc1ccccc1. The number of aromatic nitrogens is 1. The molecule has 2 fully saturated rings. The number of carbonyl (C=O) groups is 2. The summed E-state index contributed by atoms with van der Waals surface area (Å²) in [6.07, 6.45) is 5.94. The van der Waals surface area contributed by atoms with Gasteiger partial charge in [-0.15, -0.1) is 0 Å². The number of benzene rings is 1. The van der Waals surface area contributed by atoms with Crippen LogP contribution < -0.4 is 0 Å². The van der Waals surface area contributed by atoms with Gasteiger partial charge in [0, 0.05) is 37.6 Å². The van der Waals surface area contributed by atoms with Crippen LogP contribution in [0, 0.1) is 0 Å². The van der Waals surface area contributed by atoms with E-state index in [9.17, 15) is 9.59 Å². The third-order valence-electron chi connectivity index (χ3n) is 6.79. The predicted molar refractivity (Wildman–Crippen MR) is 128 cm³/mol. The van der Waals surface area contributed by atoms with Crippen molar-refractivity contribution in [1.29, 1.82) is 0 Å². The zero-order valence-corrected chi connectivity index (χ0v) is 19.8. The maximum absolute atomic E-state index is 13.7. The molecule has 1 unspecified atom stereocenters. The molecule has 0 saturated carbocycles. The predicted octanol–water partition coefficient (Wildman–Crippen LogP) is 3.67. The van der Waals surface area contributed by atoms with Crippen LogP contribution in [0.2, 0.25) is 0 Å². The van der Waals surface area contributed by atoms with Gasteiger partial charge in [0.05, 0.1) is 12.2 Å². The molecule has 32 heavy (non-hydrogen) atoms. The molecule has 170 valence electrons. The minimum Gasteiger partial charge on any atom is -0.309 e. The summed E-state index contributed by atoms with van der Waals surface area (Å²) in [6.45, 7) is 4.69. The summed E-state index contributed by atoms with van der Waals surface area (Å²) in [4.78, 5) is 37.3. The van der Waals surface area contributed by atoms with Crippen LogP contribution in [0.5, 0.6) is 0 Å². The second kappa shape index (κ2) is 10.0. The molecule has 3 heterocycles. The fraction of sp³-hybridized carbons (Fsp3) is 0.480. The molecule has 1 aromatic carbocycles. The smallest absolute Gasteiger partial charge is 0.309 e. The van der Waals surface area contributed by atoms with E-state index in [1.54, 1.807) is 6.20 Å². The van der Waals surface area contributed by atoms with Gasteiger partial charge in [0.15, 0.2) is 0 Å². The number of likely N-dealkylation sites (tertiary alicyclic amines) is 1. The number of amides is 3. The van der Waals surface area contributed by atoms with Crippen molar-refractivity contribution in [3.05, 3.63) is 66.0 Å². The number of piperidine rings is 1. The Bertz CT molecular complexity index is 916. The molecule has 7 heteroatoms. The van der Waals surface area contributed by atoms with Gasteiger partial charge < -0.3 is 4.90 Å². The van der Waals surface area contributed by atoms with E-state index in [0.717, 1.165) is 31.0 Å². The molecule has 0 bridgehead atoms. The summed E-state index contributed by atoms with van der Waals surface area (Å²) in [5.41, 5.74) is 1.17. The Morgan fingerprint density at radius 1 is 1.06 bits per heavy atom. The second-order valence-electron chi connectivity index (χ2n) is 8.75. The van der Waals surface area contributed by atoms with E-state index in [2.05, 4.69) is 35.2 Å². The van der Waals surface area contributed by atoms with Gasteiger partial charge in [-0.05, 0) is 50.1 Å². The lowest BCUT2D eigenvalue weighted by Gasteiger charge is -2.44. The minimum absolute atomic E-state index is 0.0571. The van der Waals surface area contributed by atoms with Crippen LogP contribution in [-0.4, -0.2) is 74.8 Å². The Morgan fingerprint density at radius 2 is 1.78 bits per heavy atom. The molecule has 2 saturated heterocycles. The summed E-state index contributed by atoms with van der Waals surface area (Å²) < 4.78 is 0. The molecular weight excluding hydrogens is 420 g/mol. The summed E-state index contributed by atoms with van der Waals surface area (Å²) in [5, 5.41) is 0. The third kappa shape index (κ3) is 4.55. The fourth-order valence-electron chi connectivity index (χ4n) is 4.94. The number of hydrogen-bond donors (Lipinski definition) is 0. The van der Waals surface area contributed by atoms with Gasteiger partial charge in [-0.25, -0.2) is 4.79 Å². The number of pyridine rings is 1. The number of urea groups is 1. The summed E-state index contributed by atoms with van der Waals surface area (Å²) in [5.74, 6) is 1.02. The van der Waals surface area contributed by atoms with Gasteiger partial charge in [0.2, 0.25) is 0 Å². The standard InChI is InChI=1S/C25H32N4O2S/c1-20(19-32-2)27-16-12-25(13-17-27)23(30)28(18-22-10-6-7-14-26-22)24(31)29(25)15-11-21-8-4-3-5-9-21/h3-10,14,20H,11-13,15-19H2,1-2H3. The topological polar surface area (TPSA) is 56.8 Å². The van der Waals surface area contributed by atoms with Crippen LogP contribution >= 0.6 is 11.8 Å². The first-order valence-electron chi connectivity index (χ1n) is 11.4. The van der Waals surface area contributed by atoms with Crippen molar-refractivity contribution in [2.24, 2.45) is 0 Å². The number of carbonyl (C=O) groups excluding carboxylic acids is 2. The van der Waals surface area contributed by atoms with Crippen LogP contribution in [0.3, 0.4) is 0 Å². The first-order valence-corrected chi connectivity index (χ1v) is 12.7. The number of thioether (sulfide) groups is 1. The van der Waals surface area contributed by atoms with Gasteiger partial charge in [-0.2, -0.15) is 11.8 Å². The van der Waals surface area contributed by atoms with Crippen molar-refractivity contribution in [3.63, 3.8) is 0 Å². The molecule has 0 radical (unpaired) electrons. The number of imide groups is 1. The molecule has 0 aliphatic carbocycles. The van der Waals surface area contributed by atoms with Gasteiger partial charge in [0.1, 0.15) is 5.54 Å². The number of rotatable bonds is 8. The van der Waals surface area contributed by atoms with Crippen molar-refractivity contribution >= 4 is 23.7 Å². The van der Waals surface area contributed by atoms with Crippen LogP contribution in [0.15, 0.2) is 54.7 Å². The Kier molecular flexibility index (Phi) is 7.16. The highest BCUT2D eigenvalue weighted by Crippen LogP contribution is 2.38. The maximum Gasteiger partial charge on any atom is 0.328 e. The lowest BCUT2D eigenvalue weighted by molar-refractivity contribution is -0.136. The van der Waals surface area contributed by atoms with Crippen LogP contribution in [0.1, 0.15) is 31.0 Å². The van der Waals surface area contributed by atoms with Crippen molar-refractivity contribution in [2.45, 2.75) is 44.3 Å². The minimum atomic E-state index is -0.740. The Hall–Kier alpha value is -2.38. The van der Waals surface area contributed by atoms with Crippen LogP contribution in [0.25, 0.3) is 0 Å². The molecule has 1 aromatic heterocycles. The quantitative estimate of drug-likeness (QED) is 0.572. The third-order valence-corrected chi connectivity index (χ3v) is 7.61. The molecule has 6 nitrogen and oxygen atoms in total.